The highest BCUT2D eigenvalue weighted by molar-refractivity contribution is 8.06. The molecule has 8 heteroatoms. The van der Waals surface area contributed by atoms with Crippen molar-refractivity contribution >= 4 is 19.9 Å². The maximum atomic E-state index is 12.1. The second-order valence-electron chi connectivity index (χ2n) is 4.78. The first-order valence-corrected chi connectivity index (χ1v) is 9.71. The Bertz CT molecular complexity index is 451. The summed E-state index contributed by atoms with van der Waals surface area (Å²) in [7, 11) is -7.45. The van der Waals surface area contributed by atoms with E-state index < -0.39 is 24.9 Å². The van der Waals surface area contributed by atoms with Crippen LogP contribution in [0.15, 0.2) is 0 Å². The average molecular weight is 299 g/mol. The van der Waals surface area contributed by atoms with E-state index in [0.29, 0.717) is 0 Å². The van der Waals surface area contributed by atoms with Crippen LogP contribution in [0.25, 0.3) is 0 Å². The third kappa shape index (κ3) is 4.83. The lowest BCUT2D eigenvalue weighted by Crippen LogP contribution is -2.45. The molecule has 1 saturated carbocycles. The summed E-state index contributed by atoms with van der Waals surface area (Å²) >= 11 is 0. The molecular formula is C10H21NO5S2. The van der Waals surface area contributed by atoms with Crippen molar-refractivity contribution in [1.29, 1.82) is 0 Å². The Morgan fingerprint density at radius 1 is 1.11 bits per heavy atom. The molecule has 0 unspecified atom stereocenters. The summed E-state index contributed by atoms with van der Waals surface area (Å²) in [6.45, 7) is -0.317. The molecule has 0 spiro atoms. The molecule has 18 heavy (non-hydrogen) atoms. The lowest BCUT2D eigenvalue weighted by atomic mass is 9.95. The molecule has 0 bridgehead atoms. The summed E-state index contributed by atoms with van der Waals surface area (Å²) < 4.78 is 47.7. The lowest BCUT2D eigenvalue weighted by Gasteiger charge is -2.32. The van der Waals surface area contributed by atoms with Crippen LogP contribution in [0.2, 0.25) is 0 Å². The van der Waals surface area contributed by atoms with Gasteiger partial charge in [-0.3, -0.25) is 0 Å². The van der Waals surface area contributed by atoms with Gasteiger partial charge >= 0.3 is 0 Å². The van der Waals surface area contributed by atoms with Crippen LogP contribution in [0.4, 0.5) is 0 Å². The minimum absolute atomic E-state index is 0.0253. The summed E-state index contributed by atoms with van der Waals surface area (Å²) in [4.78, 5) is 0. The topological polar surface area (TPSA) is 91.8 Å². The van der Waals surface area contributed by atoms with Crippen molar-refractivity contribution in [3.63, 3.8) is 0 Å². The largest absolute Gasteiger partial charge is 0.395 e. The lowest BCUT2D eigenvalue weighted by molar-refractivity contribution is 0.200. The van der Waals surface area contributed by atoms with Crippen molar-refractivity contribution in [2.45, 2.75) is 38.1 Å². The number of aliphatic hydroxyl groups excluding tert-OH is 1. The van der Waals surface area contributed by atoms with Gasteiger partial charge in [0.15, 0.2) is 14.9 Å². The summed E-state index contributed by atoms with van der Waals surface area (Å²) in [5.41, 5.74) is 0. The van der Waals surface area contributed by atoms with Gasteiger partial charge in [0.2, 0.25) is 10.0 Å². The van der Waals surface area contributed by atoms with Crippen molar-refractivity contribution in [3.8, 4) is 0 Å². The van der Waals surface area contributed by atoms with Gasteiger partial charge in [0.25, 0.3) is 0 Å². The van der Waals surface area contributed by atoms with E-state index in [4.69, 9.17) is 5.11 Å². The Labute approximate surface area is 109 Å². The number of nitrogens with zero attached hydrogens (tertiary/aromatic N) is 1. The fourth-order valence-electron chi connectivity index (χ4n) is 2.35. The summed E-state index contributed by atoms with van der Waals surface area (Å²) in [6.07, 6.45) is 5.35. The second kappa shape index (κ2) is 6.31. The molecule has 0 aliphatic heterocycles. The zero-order valence-corrected chi connectivity index (χ0v) is 12.2. The van der Waals surface area contributed by atoms with Crippen LogP contribution in [0.1, 0.15) is 32.1 Å². The maximum Gasteiger partial charge on any atom is 0.228 e. The molecule has 0 aromatic carbocycles. The molecule has 0 saturated heterocycles. The Kier molecular flexibility index (Phi) is 5.57. The number of aliphatic hydroxyl groups is 1. The van der Waals surface area contributed by atoms with Crippen LogP contribution in [0, 0.1) is 0 Å². The predicted octanol–water partition coefficient (Wildman–Crippen LogP) is -0.0547. The number of sulfone groups is 1. The Balaban J connectivity index is 2.89. The fraction of sp³-hybridized carbons (Fsp3) is 1.00. The van der Waals surface area contributed by atoms with Gasteiger partial charge in [-0.2, -0.15) is 4.31 Å². The number of hydrogen-bond acceptors (Lipinski definition) is 5. The zero-order chi connectivity index (χ0) is 13.8. The van der Waals surface area contributed by atoms with E-state index in [9.17, 15) is 16.8 Å². The van der Waals surface area contributed by atoms with Crippen LogP contribution >= 0.6 is 0 Å². The van der Waals surface area contributed by atoms with Gasteiger partial charge in [-0.25, -0.2) is 16.8 Å². The Morgan fingerprint density at radius 3 is 2.11 bits per heavy atom. The SMILES string of the molecule is CS(=O)(=O)CS(=O)(=O)N(CCO)C1CCCCC1. The molecule has 6 nitrogen and oxygen atoms in total. The minimum atomic E-state index is -3.86. The van der Waals surface area contributed by atoms with Gasteiger partial charge in [0.1, 0.15) is 0 Å². The van der Waals surface area contributed by atoms with Gasteiger partial charge in [0.05, 0.1) is 6.61 Å². The number of rotatable bonds is 6. The molecule has 0 aromatic rings. The molecule has 1 aliphatic carbocycles. The zero-order valence-electron chi connectivity index (χ0n) is 10.6. The Hall–Kier alpha value is -0.180. The van der Waals surface area contributed by atoms with E-state index in [1.54, 1.807) is 0 Å². The molecule has 0 amide bonds. The van der Waals surface area contributed by atoms with E-state index in [-0.39, 0.29) is 19.2 Å². The molecule has 108 valence electrons. The van der Waals surface area contributed by atoms with E-state index in [2.05, 4.69) is 0 Å². The van der Waals surface area contributed by atoms with Crippen LogP contribution in [-0.2, 0) is 19.9 Å². The molecule has 0 heterocycles. The minimum Gasteiger partial charge on any atom is -0.395 e. The van der Waals surface area contributed by atoms with Gasteiger partial charge in [-0.05, 0) is 12.8 Å². The highest BCUT2D eigenvalue weighted by Crippen LogP contribution is 2.25. The van der Waals surface area contributed by atoms with Crippen molar-refractivity contribution in [2.75, 3.05) is 24.5 Å². The Morgan fingerprint density at radius 2 is 1.67 bits per heavy atom. The normalized spacial score (nSPS) is 19.3. The van der Waals surface area contributed by atoms with E-state index in [1.807, 2.05) is 0 Å². The van der Waals surface area contributed by atoms with E-state index in [1.165, 1.54) is 4.31 Å². The molecule has 1 rings (SSSR count). The first kappa shape index (κ1) is 15.9. The third-order valence-corrected chi connectivity index (χ3v) is 7.12. The summed E-state index contributed by atoms with van der Waals surface area (Å²) in [6, 6.07) is -0.169. The standard InChI is InChI=1S/C10H21NO5S2/c1-17(13,14)9-18(15,16)11(7-8-12)10-5-3-2-4-6-10/h10,12H,2-9H2,1H3. The molecule has 1 fully saturated rings. The highest BCUT2D eigenvalue weighted by atomic mass is 32.3. The van der Waals surface area contributed by atoms with Crippen molar-refractivity contribution in [3.05, 3.63) is 0 Å². The summed E-state index contributed by atoms with van der Waals surface area (Å²) in [5, 5.41) is 8.09. The van der Waals surface area contributed by atoms with Gasteiger partial charge < -0.3 is 5.11 Å². The van der Waals surface area contributed by atoms with Crippen molar-refractivity contribution in [1.82, 2.24) is 4.31 Å². The van der Waals surface area contributed by atoms with Crippen molar-refractivity contribution < 1.29 is 21.9 Å². The van der Waals surface area contributed by atoms with Crippen LogP contribution in [-0.4, -0.2) is 56.8 Å². The van der Waals surface area contributed by atoms with Crippen LogP contribution < -0.4 is 0 Å². The van der Waals surface area contributed by atoms with E-state index in [0.717, 1.165) is 38.4 Å². The summed E-state index contributed by atoms with van der Waals surface area (Å²) in [5.74, 6) is 0. The highest BCUT2D eigenvalue weighted by Gasteiger charge is 2.32. The number of hydrogen-bond donors (Lipinski definition) is 1. The molecular weight excluding hydrogens is 278 g/mol. The van der Waals surface area contributed by atoms with Crippen molar-refractivity contribution in [2.24, 2.45) is 0 Å². The van der Waals surface area contributed by atoms with Gasteiger partial charge in [0, 0.05) is 18.8 Å². The quantitative estimate of drug-likeness (QED) is 0.742. The first-order chi connectivity index (χ1) is 8.26. The monoisotopic (exact) mass is 299 g/mol. The second-order valence-corrected chi connectivity index (χ2v) is 9.21. The van der Waals surface area contributed by atoms with Gasteiger partial charge in [-0.1, -0.05) is 19.3 Å². The third-order valence-electron chi connectivity index (χ3n) is 3.02. The molecule has 0 aromatic heterocycles. The van der Waals surface area contributed by atoms with Gasteiger partial charge in [-0.15, -0.1) is 0 Å². The number of sulfonamides is 1. The maximum absolute atomic E-state index is 12.1. The van der Waals surface area contributed by atoms with Crippen LogP contribution in [0.5, 0.6) is 0 Å². The fourth-order valence-corrected chi connectivity index (χ4v) is 6.09. The molecule has 1 aliphatic rings. The van der Waals surface area contributed by atoms with Crippen LogP contribution in [0.3, 0.4) is 0 Å². The molecule has 0 radical (unpaired) electrons. The van der Waals surface area contributed by atoms with E-state index >= 15 is 0 Å². The molecule has 1 N–H and O–H groups in total. The average Bonchev–Trinajstić information content (AvgIpc) is 2.23. The smallest absolute Gasteiger partial charge is 0.228 e. The predicted molar refractivity (Wildman–Crippen MR) is 69.3 cm³/mol. The molecule has 0 atom stereocenters. The first-order valence-electron chi connectivity index (χ1n) is 6.04.